The molecule has 18 heavy (non-hydrogen) atoms. The van der Waals surface area contributed by atoms with E-state index in [9.17, 15) is 9.59 Å². The summed E-state index contributed by atoms with van der Waals surface area (Å²) in [6, 6.07) is 9.75. The number of nitrogens with one attached hydrogen (secondary N) is 1. The molecule has 1 atom stereocenters. The van der Waals surface area contributed by atoms with Crippen LogP contribution in [0.4, 0.5) is 0 Å². The van der Waals surface area contributed by atoms with Gasteiger partial charge in [0.25, 0.3) is 0 Å². The summed E-state index contributed by atoms with van der Waals surface area (Å²) in [7, 11) is 0. The van der Waals surface area contributed by atoms with E-state index >= 15 is 0 Å². The number of fused-ring (bicyclic) bond motifs is 1. The lowest BCUT2D eigenvalue weighted by Crippen LogP contribution is -2.23. The predicted molar refractivity (Wildman–Crippen MR) is 70.9 cm³/mol. The van der Waals surface area contributed by atoms with E-state index in [0.29, 0.717) is 11.4 Å². The fourth-order valence-corrected chi connectivity index (χ4v) is 3.15. The molecule has 4 nitrogen and oxygen atoms in total. The summed E-state index contributed by atoms with van der Waals surface area (Å²) >= 11 is 1.24. The van der Waals surface area contributed by atoms with E-state index in [2.05, 4.69) is 4.98 Å². The van der Waals surface area contributed by atoms with Crippen LogP contribution in [0.15, 0.2) is 35.1 Å². The molecular weight excluding hydrogens is 248 g/mol. The molecule has 1 aliphatic rings. The summed E-state index contributed by atoms with van der Waals surface area (Å²) in [5, 5.41) is -0.0406. The number of aromatic nitrogens is 2. The molecule has 0 radical (unpaired) electrons. The molecule has 0 aliphatic carbocycles. The highest BCUT2D eigenvalue weighted by Crippen LogP contribution is 2.30. The molecule has 0 fully saturated rings. The summed E-state index contributed by atoms with van der Waals surface area (Å²) in [5.41, 5.74) is 2.13. The van der Waals surface area contributed by atoms with Gasteiger partial charge in [-0.15, -0.1) is 0 Å². The Hall–Kier alpha value is -1.75. The number of hydrogen-bond acceptors (Lipinski definition) is 3. The maximum absolute atomic E-state index is 12.0. The van der Waals surface area contributed by atoms with Crippen LogP contribution in [0.25, 0.3) is 0 Å². The van der Waals surface area contributed by atoms with Gasteiger partial charge in [0.05, 0.1) is 11.7 Å². The summed E-state index contributed by atoms with van der Waals surface area (Å²) in [4.78, 5) is 26.2. The van der Waals surface area contributed by atoms with Crippen molar-refractivity contribution in [1.29, 1.82) is 0 Å². The number of nitrogens with zero attached hydrogens (tertiary/aromatic N) is 1. The van der Waals surface area contributed by atoms with Crippen molar-refractivity contribution < 1.29 is 4.79 Å². The molecule has 0 saturated heterocycles. The number of hydrogen-bond donors (Lipinski definition) is 1. The third-order valence-electron chi connectivity index (χ3n) is 3.24. The number of aromatic amines is 1. The quantitative estimate of drug-likeness (QED) is 0.900. The first-order valence-electron chi connectivity index (χ1n) is 5.74. The second-order valence-electron chi connectivity index (χ2n) is 4.28. The monoisotopic (exact) mass is 260 g/mol. The van der Waals surface area contributed by atoms with Crippen LogP contribution in [0.3, 0.4) is 0 Å². The summed E-state index contributed by atoms with van der Waals surface area (Å²) < 4.78 is 1.68. The normalized spacial score (nSPS) is 15.7. The highest BCUT2D eigenvalue weighted by atomic mass is 32.2. The molecule has 1 aliphatic heterocycles. The molecule has 0 spiro atoms. The Balaban J connectivity index is 2.11. The Kier molecular flexibility index (Phi) is 2.63. The van der Waals surface area contributed by atoms with Gasteiger partial charge >= 0.3 is 5.69 Å². The van der Waals surface area contributed by atoms with Crippen LogP contribution in [0, 0.1) is 0 Å². The van der Waals surface area contributed by atoms with Crippen molar-refractivity contribution in [2.45, 2.75) is 18.7 Å². The molecule has 1 aromatic carbocycles. The van der Waals surface area contributed by atoms with Crippen molar-refractivity contribution in [3.63, 3.8) is 0 Å². The molecule has 0 bridgehead atoms. The molecule has 2 aromatic rings. The van der Waals surface area contributed by atoms with E-state index < -0.39 is 0 Å². The molecule has 0 saturated carbocycles. The van der Waals surface area contributed by atoms with Gasteiger partial charge < -0.3 is 4.98 Å². The molecule has 2 heterocycles. The molecule has 1 aromatic heterocycles. The topological polar surface area (TPSA) is 54.9 Å². The average molecular weight is 260 g/mol. The largest absolute Gasteiger partial charge is 0.326 e. The minimum absolute atomic E-state index is 0.0406. The van der Waals surface area contributed by atoms with Gasteiger partial charge in [-0.25, -0.2) is 4.79 Å². The lowest BCUT2D eigenvalue weighted by molar-refractivity contribution is 0.108. The second-order valence-corrected chi connectivity index (χ2v) is 5.23. The smallest absolute Gasteiger partial charge is 0.302 e. The van der Waals surface area contributed by atoms with Gasteiger partial charge in [-0.3, -0.25) is 9.36 Å². The molecule has 3 rings (SSSR count). The lowest BCUT2D eigenvalue weighted by atomic mass is 10.1. The maximum atomic E-state index is 12.0. The Morgan fingerprint density at radius 1 is 1.28 bits per heavy atom. The summed E-state index contributed by atoms with van der Waals surface area (Å²) in [5.74, 6) is 0.573. The molecular formula is C13H12N2O2S. The van der Waals surface area contributed by atoms with Crippen LogP contribution in [0.2, 0.25) is 0 Å². The van der Waals surface area contributed by atoms with Crippen LogP contribution in [-0.2, 0) is 5.75 Å². The standard InChI is InChI=1S/C13H12N2O2S/c1-8(9-5-3-2-4-6-9)15-10-7-18-12(16)11(10)14-13(15)17/h2-6,8H,7H2,1H3,(H,14,17)/t8-/m0/s1. The first-order chi connectivity index (χ1) is 8.68. The van der Waals surface area contributed by atoms with Crippen LogP contribution in [0.1, 0.15) is 34.7 Å². The first-order valence-corrected chi connectivity index (χ1v) is 6.72. The van der Waals surface area contributed by atoms with Crippen LogP contribution < -0.4 is 5.69 Å². The van der Waals surface area contributed by atoms with Crippen LogP contribution in [-0.4, -0.2) is 14.7 Å². The fourth-order valence-electron chi connectivity index (χ4n) is 2.29. The van der Waals surface area contributed by atoms with Gasteiger partial charge in [-0.1, -0.05) is 42.1 Å². The SMILES string of the molecule is C[C@@H](c1ccccc1)n1c2c([nH]c1=O)C(=O)SC2. The van der Waals surface area contributed by atoms with Gasteiger partial charge in [0.1, 0.15) is 5.69 Å². The zero-order chi connectivity index (χ0) is 12.7. The number of carbonyl (C=O) groups excluding carboxylic acids is 1. The number of rotatable bonds is 2. The van der Waals surface area contributed by atoms with Crippen molar-refractivity contribution >= 4 is 16.9 Å². The third kappa shape index (κ3) is 1.62. The number of thioether (sulfide) groups is 1. The molecule has 0 amide bonds. The zero-order valence-corrected chi connectivity index (χ0v) is 10.7. The van der Waals surface area contributed by atoms with Gasteiger partial charge in [0, 0.05) is 5.75 Å². The number of imidazole rings is 1. The first kappa shape index (κ1) is 11.3. The van der Waals surface area contributed by atoms with Crippen LogP contribution in [0.5, 0.6) is 0 Å². The van der Waals surface area contributed by atoms with Crippen molar-refractivity contribution in [2.75, 3.05) is 0 Å². The zero-order valence-electron chi connectivity index (χ0n) is 9.84. The minimum Gasteiger partial charge on any atom is -0.302 e. The highest BCUT2D eigenvalue weighted by Gasteiger charge is 2.29. The van der Waals surface area contributed by atoms with E-state index in [-0.39, 0.29) is 16.8 Å². The molecule has 92 valence electrons. The molecule has 5 heteroatoms. The van der Waals surface area contributed by atoms with Gasteiger partial charge in [-0.2, -0.15) is 0 Å². The predicted octanol–water partition coefficient (Wildman–Crippen LogP) is 2.17. The Morgan fingerprint density at radius 3 is 2.72 bits per heavy atom. The van der Waals surface area contributed by atoms with Crippen molar-refractivity contribution in [2.24, 2.45) is 0 Å². The Bertz CT molecular complexity index is 657. The number of carbonyl (C=O) groups is 1. The van der Waals surface area contributed by atoms with Gasteiger partial charge in [-0.05, 0) is 12.5 Å². The highest BCUT2D eigenvalue weighted by molar-refractivity contribution is 8.13. The third-order valence-corrected chi connectivity index (χ3v) is 4.13. The Morgan fingerprint density at radius 2 is 2.00 bits per heavy atom. The lowest BCUT2D eigenvalue weighted by Gasteiger charge is -2.14. The Labute approximate surface area is 108 Å². The molecule has 0 unspecified atom stereocenters. The minimum atomic E-state index is -0.204. The number of H-pyrrole nitrogens is 1. The van der Waals surface area contributed by atoms with E-state index in [0.717, 1.165) is 11.3 Å². The summed E-state index contributed by atoms with van der Waals surface area (Å²) in [6.07, 6.45) is 0. The summed E-state index contributed by atoms with van der Waals surface area (Å²) in [6.45, 7) is 1.97. The van der Waals surface area contributed by atoms with Gasteiger partial charge in [0.2, 0.25) is 5.12 Å². The van der Waals surface area contributed by atoms with E-state index in [1.807, 2.05) is 37.3 Å². The number of benzene rings is 1. The van der Waals surface area contributed by atoms with Crippen molar-refractivity contribution in [3.05, 3.63) is 57.8 Å². The van der Waals surface area contributed by atoms with Crippen molar-refractivity contribution in [1.82, 2.24) is 9.55 Å². The van der Waals surface area contributed by atoms with E-state index in [1.165, 1.54) is 11.8 Å². The fraction of sp³-hybridized carbons (Fsp3) is 0.231. The van der Waals surface area contributed by atoms with Crippen molar-refractivity contribution in [3.8, 4) is 0 Å². The second kappa shape index (κ2) is 4.17. The van der Waals surface area contributed by atoms with Gasteiger partial charge in [0.15, 0.2) is 0 Å². The van der Waals surface area contributed by atoms with Crippen LogP contribution >= 0.6 is 11.8 Å². The molecule has 1 N–H and O–H groups in total. The maximum Gasteiger partial charge on any atom is 0.326 e. The average Bonchev–Trinajstić information content (AvgIpc) is 2.89. The van der Waals surface area contributed by atoms with E-state index in [4.69, 9.17) is 0 Å². The van der Waals surface area contributed by atoms with E-state index in [1.54, 1.807) is 4.57 Å².